The Morgan fingerprint density at radius 1 is 1.09 bits per heavy atom. The second-order valence-corrected chi connectivity index (χ2v) is 8.84. The lowest BCUT2D eigenvalue weighted by molar-refractivity contribution is -0.118. The molecule has 0 bridgehead atoms. The van der Waals surface area contributed by atoms with Gasteiger partial charge in [-0.15, -0.1) is 0 Å². The van der Waals surface area contributed by atoms with Gasteiger partial charge in [-0.2, -0.15) is 0 Å². The van der Waals surface area contributed by atoms with Crippen LogP contribution in [-0.4, -0.2) is 50.4 Å². The molecule has 32 heavy (non-hydrogen) atoms. The van der Waals surface area contributed by atoms with Crippen molar-refractivity contribution in [2.24, 2.45) is 0 Å². The monoisotopic (exact) mass is 430 g/mol. The van der Waals surface area contributed by atoms with E-state index in [2.05, 4.69) is 33.9 Å². The molecule has 7 nitrogen and oxygen atoms in total. The molecule has 1 fully saturated rings. The molecule has 2 aliphatic heterocycles. The molecule has 0 aliphatic carbocycles. The number of carbonyl (C=O) groups is 1. The zero-order valence-corrected chi connectivity index (χ0v) is 18.6. The van der Waals surface area contributed by atoms with Gasteiger partial charge in [0.25, 0.3) is 0 Å². The number of rotatable bonds is 6. The molecule has 166 valence electrons. The topological polar surface area (TPSA) is 78.0 Å². The van der Waals surface area contributed by atoms with Crippen LogP contribution < -0.4 is 4.90 Å². The minimum Gasteiger partial charge on any atom is -0.348 e. The van der Waals surface area contributed by atoms with Crippen LogP contribution in [0, 0.1) is 6.92 Å². The average molecular weight is 431 g/mol. The maximum atomic E-state index is 12.8. The first-order valence-electron chi connectivity index (χ1n) is 11.6. The number of piperidine rings is 1. The van der Waals surface area contributed by atoms with Gasteiger partial charge in [0.05, 0.1) is 6.54 Å². The molecule has 2 aliphatic rings. The molecule has 7 heteroatoms. The van der Waals surface area contributed by atoms with Crippen LogP contribution in [0.4, 0.5) is 5.82 Å². The van der Waals surface area contributed by atoms with Gasteiger partial charge in [0.1, 0.15) is 17.5 Å². The summed E-state index contributed by atoms with van der Waals surface area (Å²) in [5.74, 6) is 3.26. The molecule has 0 atom stereocenters. The summed E-state index contributed by atoms with van der Waals surface area (Å²) < 4.78 is 0. The van der Waals surface area contributed by atoms with Gasteiger partial charge in [0.2, 0.25) is 5.91 Å². The Bertz CT molecular complexity index is 1060. The number of hydrogen-bond acceptors (Lipinski definition) is 5. The minimum atomic E-state index is 0.172. The van der Waals surface area contributed by atoms with Crippen molar-refractivity contribution in [3.05, 3.63) is 71.2 Å². The van der Waals surface area contributed by atoms with Gasteiger partial charge in [-0.05, 0) is 51.3 Å². The van der Waals surface area contributed by atoms with E-state index in [1.807, 2.05) is 29.3 Å². The second-order valence-electron chi connectivity index (χ2n) is 8.84. The number of aryl methyl sites for hydroxylation is 1. The van der Waals surface area contributed by atoms with Crippen molar-refractivity contribution in [1.82, 2.24) is 24.8 Å². The average Bonchev–Trinajstić information content (AvgIpc) is 3.32. The summed E-state index contributed by atoms with van der Waals surface area (Å²) in [5, 5.41) is 0. The normalized spacial score (nSPS) is 17.5. The lowest BCUT2D eigenvalue weighted by atomic mass is 9.95. The Kier molecular flexibility index (Phi) is 5.99. The highest BCUT2D eigenvalue weighted by Gasteiger charge is 2.30. The van der Waals surface area contributed by atoms with E-state index in [1.54, 1.807) is 6.20 Å². The van der Waals surface area contributed by atoms with Crippen LogP contribution in [-0.2, 0) is 24.2 Å². The van der Waals surface area contributed by atoms with Crippen molar-refractivity contribution in [2.75, 3.05) is 24.5 Å². The molecule has 0 spiro atoms. The van der Waals surface area contributed by atoms with Gasteiger partial charge in [-0.3, -0.25) is 14.6 Å². The number of fused-ring (bicyclic) bond motifs is 1. The number of benzene rings is 1. The molecule has 0 unspecified atom stereocenters. The molecule has 1 aromatic carbocycles. The molecular formula is C25H30N6O. The molecule has 5 rings (SSSR count). The van der Waals surface area contributed by atoms with Crippen molar-refractivity contribution in [3.63, 3.8) is 0 Å². The highest BCUT2D eigenvalue weighted by atomic mass is 16.2. The zero-order chi connectivity index (χ0) is 21.9. The summed E-state index contributed by atoms with van der Waals surface area (Å²) in [4.78, 5) is 34.6. The molecule has 4 heterocycles. The molecule has 1 amide bonds. The van der Waals surface area contributed by atoms with Crippen LogP contribution in [0.25, 0.3) is 0 Å². The van der Waals surface area contributed by atoms with E-state index in [0.29, 0.717) is 18.9 Å². The Labute approximate surface area is 188 Å². The number of imidazole rings is 1. The first-order valence-corrected chi connectivity index (χ1v) is 11.6. The fourth-order valence-corrected chi connectivity index (χ4v) is 4.85. The molecule has 1 saturated heterocycles. The minimum absolute atomic E-state index is 0.172. The van der Waals surface area contributed by atoms with Crippen LogP contribution >= 0.6 is 0 Å². The lowest BCUT2D eigenvalue weighted by Crippen LogP contribution is -2.39. The van der Waals surface area contributed by atoms with E-state index in [1.165, 1.54) is 5.56 Å². The number of amides is 1. The van der Waals surface area contributed by atoms with Crippen molar-refractivity contribution in [2.45, 2.75) is 51.5 Å². The summed E-state index contributed by atoms with van der Waals surface area (Å²) in [6.07, 6.45) is 7.83. The van der Waals surface area contributed by atoms with Gasteiger partial charge in [0.15, 0.2) is 0 Å². The van der Waals surface area contributed by atoms with Crippen molar-refractivity contribution < 1.29 is 4.79 Å². The summed E-state index contributed by atoms with van der Waals surface area (Å²) >= 11 is 0. The van der Waals surface area contributed by atoms with Gasteiger partial charge in [-0.1, -0.05) is 30.3 Å². The van der Waals surface area contributed by atoms with E-state index >= 15 is 0 Å². The second kappa shape index (κ2) is 9.20. The quantitative estimate of drug-likeness (QED) is 0.648. The van der Waals surface area contributed by atoms with Crippen LogP contribution in [0.1, 0.15) is 53.7 Å². The summed E-state index contributed by atoms with van der Waals surface area (Å²) in [6, 6.07) is 10.3. The number of anilines is 1. The number of carbonyl (C=O) groups excluding carboxylic acids is 1. The van der Waals surface area contributed by atoms with Crippen LogP contribution in [0.3, 0.4) is 0 Å². The van der Waals surface area contributed by atoms with E-state index < -0.39 is 0 Å². The Morgan fingerprint density at radius 3 is 2.66 bits per heavy atom. The molecule has 3 aromatic rings. The number of nitrogens with zero attached hydrogens (tertiary/aromatic N) is 5. The Morgan fingerprint density at radius 2 is 1.91 bits per heavy atom. The van der Waals surface area contributed by atoms with E-state index in [-0.39, 0.29) is 5.91 Å². The third kappa shape index (κ3) is 4.43. The smallest absolute Gasteiger partial charge is 0.228 e. The molecular weight excluding hydrogens is 400 g/mol. The van der Waals surface area contributed by atoms with Crippen molar-refractivity contribution in [1.29, 1.82) is 0 Å². The molecule has 0 radical (unpaired) electrons. The highest BCUT2D eigenvalue weighted by Crippen LogP contribution is 2.32. The SMILES string of the molecule is Cc1nc(C2CCN(Cc3ncc[nH]3)CC2)nc2c1CCC(=O)N2CCc1ccccc1. The predicted molar refractivity (Wildman–Crippen MR) is 123 cm³/mol. The van der Waals surface area contributed by atoms with Gasteiger partial charge in [0, 0.05) is 42.5 Å². The van der Waals surface area contributed by atoms with E-state index in [4.69, 9.17) is 9.97 Å². The number of aromatic amines is 1. The summed E-state index contributed by atoms with van der Waals surface area (Å²) in [6.45, 7) is 5.59. The number of H-pyrrole nitrogens is 1. The van der Waals surface area contributed by atoms with Gasteiger partial charge >= 0.3 is 0 Å². The number of hydrogen-bond donors (Lipinski definition) is 1. The van der Waals surface area contributed by atoms with Crippen LogP contribution in [0.15, 0.2) is 42.7 Å². The fourth-order valence-electron chi connectivity index (χ4n) is 4.85. The third-order valence-corrected chi connectivity index (χ3v) is 6.70. The van der Waals surface area contributed by atoms with E-state index in [0.717, 1.165) is 74.0 Å². The fraction of sp³-hybridized carbons (Fsp3) is 0.440. The molecule has 2 aromatic heterocycles. The largest absolute Gasteiger partial charge is 0.348 e. The standard InChI is InChI=1S/C25H30N6O/c1-18-21-7-8-23(32)31(16-9-19-5-3-2-4-6-19)25(21)29-24(28-18)20-10-14-30(15-11-20)17-22-26-12-13-27-22/h2-6,12-13,20H,7-11,14-17H2,1H3,(H,26,27). The lowest BCUT2D eigenvalue weighted by Gasteiger charge is -2.33. The van der Waals surface area contributed by atoms with E-state index in [9.17, 15) is 4.79 Å². The third-order valence-electron chi connectivity index (χ3n) is 6.70. The Balaban J connectivity index is 1.31. The Hall–Kier alpha value is -3.06. The number of aromatic nitrogens is 4. The zero-order valence-electron chi connectivity index (χ0n) is 18.6. The van der Waals surface area contributed by atoms with Crippen LogP contribution in [0.2, 0.25) is 0 Å². The first kappa shape index (κ1) is 20.8. The maximum Gasteiger partial charge on any atom is 0.228 e. The highest BCUT2D eigenvalue weighted by molar-refractivity contribution is 5.95. The number of nitrogens with one attached hydrogen (secondary N) is 1. The molecule has 0 saturated carbocycles. The van der Waals surface area contributed by atoms with Crippen molar-refractivity contribution >= 4 is 11.7 Å². The van der Waals surface area contributed by atoms with Crippen LogP contribution in [0.5, 0.6) is 0 Å². The maximum absolute atomic E-state index is 12.8. The summed E-state index contributed by atoms with van der Waals surface area (Å²) in [7, 11) is 0. The molecule has 1 N–H and O–H groups in total. The predicted octanol–water partition coefficient (Wildman–Crippen LogP) is 3.41. The van der Waals surface area contributed by atoms with Gasteiger partial charge < -0.3 is 4.98 Å². The number of likely N-dealkylation sites (tertiary alicyclic amines) is 1. The summed E-state index contributed by atoms with van der Waals surface area (Å²) in [5.41, 5.74) is 3.40. The van der Waals surface area contributed by atoms with Gasteiger partial charge in [-0.25, -0.2) is 15.0 Å². The van der Waals surface area contributed by atoms with Crippen molar-refractivity contribution in [3.8, 4) is 0 Å². The first-order chi connectivity index (χ1) is 15.7.